The molecule has 0 aromatic heterocycles. The maximum atomic E-state index is 10.4. The summed E-state index contributed by atoms with van der Waals surface area (Å²) in [5, 5.41) is 4.50. The van der Waals surface area contributed by atoms with Crippen molar-refractivity contribution in [3.63, 3.8) is 0 Å². The quantitative estimate of drug-likeness (QED) is 0.602. The predicted octanol–water partition coefficient (Wildman–Crippen LogP) is 1.06. The molecule has 0 unspecified atom stereocenters. The molecule has 10 heavy (non-hydrogen) atoms. The Labute approximate surface area is 65.3 Å². The van der Waals surface area contributed by atoms with Gasteiger partial charge in [-0.1, -0.05) is 17.8 Å². The second kappa shape index (κ2) is 3.63. The molecule has 0 atom stereocenters. The summed E-state index contributed by atoms with van der Waals surface area (Å²) in [4.78, 5) is 0.302. The molecule has 0 amide bonds. The molecular weight excluding hydrogens is 168 g/mol. The molecule has 1 aliphatic rings. The molecule has 1 rings (SSSR count). The van der Waals surface area contributed by atoms with E-state index < -0.39 is 10.7 Å². The molecule has 0 saturated heterocycles. The van der Waals surface area contributed by atoms with E-state index in [1.807, 2.05) is 0 Å². The van der Waals surface area contributed by atoms with Gasteiger partial charge < -0.3 is 0 Å². The maximum Gasteiger partial charge on any atom is 0.168 e. The molecule has 0 aromatic rings. The van der Waals surface area contributed by atoms with E-state index in [4.69, 9.17) is 0 Å². The molecule has 1 aliphatic heterocycles. The van der Waals surface area contributed by atoms with Crippen LogP contribution in [0.4, 0.5) is 0 Å². The SMILES string of the molecule is O=[SH](=O)C1=CC=CS[C]=C1. The second-order valence-electron chi connectivity index (χ2n) is 1.56. The Kier molecular flexibility index (Phi) is 2.77. The van der Waals surface area contributed by atoms with Crippen LogP contribution in [0.2, 0.25) is 0 Å². The summed E-state index contributed by atoms with van der Waals surface area (Å²) >= 11 is 1.33. The molecule has 4 heteroatoms. The van der Waals surface area contributed by atoms with Crippen molar-refractivity contribution < 1.29 is 8.42 Å². The van der Waals surface area contributed by atoms with Crippen molar-refractivity contribution in [2.75, 3.05) is 0 Å². The van der Waals surface area contributed by atoms with Crippen molar-refractivity contribution in [2.45, 2.75) is 0 Å². The van der Waals surface area contributed by atoms with Gasteiger partial charge in [0.1, 0.15) is 0 Å². The summed E-state index contributed by atoms with van der Waals surface area (Å²) in [7, 11) is -2.46. The van der Waals surface area contributed by atoms with Crippen LogP contribution in [-0.2, 0) is 10.7 Å². The summed E-state index contributed by atoms with van der Waals surface area (Å²) in [6.45, 7) is 0. The number of thioether (sulfide) groups is 1. The third-order valence-corrected chi connectivity index (χ3v) is 2.15. The van der Waals surface area contributed by atoms with Crippen LogP contribution in [-0.4, -0.2) is 8.42 Å². The highest BCUT2D eigenvalue weighted by Gasteiger charge is 1.93. The van der Waals surface area contributed by atoms with Gasteiger partial charge in [0.15, 0.2) is 10.7 Å². The van der Waals surface area contributed by atoms with Gasteiger partial charge in [-0.25, -0.2) is 8.42 Å². The minimum atomic E-state index is -2.46. The Hall–Kier alpha value is -0.480. The Morgan fingerprint density at radius 2 is 2.30 bits per heavy atom. The topological polar surface area (TPSA) is 34.1 Å². The standard InChI is InChI=1S/C6H5O2S2/c7-10(8)6-2-1-4-9-5-3-6/h1-4,10H. The van der Waals surface area contributed by atoms with Gasteiger partial charge >= 0.3 is 0 Å². The molecule has 0 fully saturated rings. The lowest BCUT2D eigenvalue weighted by molar-refractivity contribution is 0.620. The smallest absolute Gasteiger partial charge is 0.168 e. The fourth-order valence-corrected chi connectivity index (χ4v) is 1.37. The average Bonchev–Trinajstić information content (AvgIpc) is 2.12. The predicted molar refractivity (Wildman–Crippen MR) is 42.9 cm³/mol. The van der Waals surface area contributed by atoms with Gasteiger partial charge in [-0.05, 0) is 17.6 Å². The first-order valence-electron chi connectivity index (χ1n) is 2.56. The molecule has 0 aromatic carbocycles. The highest BCUT2D eigenvalue weighted by atomic mass is 32.2. The first-order chi connectivity index (χ1) is 4.80. The zero-order valence-corrected chi connectivity index (χ0v) is 6.69. The number of hydrogen-bond donors (Lipinski definition) is 1. The summed E-state index contributed by atoms with van der Waals surface area (Å²) in [5.41, 5.74) is 0. The lowest BCUT2D eigenvalue weighted by Gasteiger charge is -1.81. The van der Waals surface area contributed by atoms with E-state index in [2.05, 4.69) is 5.41 Å². The lowest BCUT2D eigenvalue weighted by atomic mass is 10.5. The zero-order chi connectivity index (χ0) is 7.40. The van der Waals surface area contributed by atoms with Gasteiger partial charge in [0.2, 0.25) is 0 Å². The molecule has 0 bridgehead atoms. The van der Waals surface area contributed by atoms with Crippen LogP contribution >= 0.6 is 11.8 Å². The molecular formula is C6H5O2S2. The van der Waals surface area contributed by atoms with E-state index in [9.17, 15) is 8.42 Å². The third-order valence-electron chi connectivity index (χ3n) is 0.899. The summed E-state index contributed by atoms with van der Waals surface area (Å²) in [6, 6.07) is 0. The number of hydrogen-bond acceptors (Lipinski definition) is 3. The fourth-order valence-electron chi connectivity index (χ4n) is 0.473. The van der Waals surface area contributed by atoms with Gasteiger partial charge in [0.05, 0.1) is 4.91 Å². The third kappa shape index (κ3) is 2.04. The molecule has 0 aliphatic carbocycles. The second-order valence-corrected chi connectivity index (χ2v) is 3.33. The molecule has 2 nitrogen and oxygen atoms in total. The van der Waals surface area contributed by atoms with E-state index in [-0.39, 0.29) is 0 Å². The van der Waals surface area contributed by atoms with Crippen LogP contribution in [0.5, 0.6) is 0 Å². The van der Waals surface area contributed by atoms with Crippen molar-refractivity contribution in [1.29, 1.82) is 0 Å². The van der Waals surface area contributed by atoms with E-state index >= 15 is 0 Å². The van der Waals surface area contributed by atoms with Gasteiger partial charge in [-0.3, -0.25) is 0 Å². The molecule has 53 valence electrons. The fraction of sp³-hybridized carbons (Fsp3) is 0. The van der Waals surface area contributed by atoms with E-state index in [0.29, 0.717) is 4.91 Å². The molecule has 0 spiro atoms. The zero-order valence-electron chi connectivity index (χ0n) is 4.98. The van der Waals surface area contributed by atoms with E-state index in [1.54, 1.807) is 17.6 Å². The molecule has 1 radical (unpaired) electrons. The van der Waals surface area contributed by atoms with Crippen LogP contribution in [0.3, 0.4) is 0 Å². The summed E-state index contributed by atoms with van der Waals surface area (Å²) in [5.74, 6) is 0. The first-order valence-corrected chi connectivity index (χ1v) is 4.62. The average molecular weight is 173 g/mol. The van der Waals surface area contributed by atoms with E-state index in [1.165, 1.54) is 17.8 Å². The lowest BCUT2D eigenvalue weighted by Crippen LogP contribution is -1.77. The van der Waals surface area contributed by atoms with Crippen molar-refractivity contribution in [1.82, 2.24) is 0 Å². The van der Waals surface area contributed by atoms with Crippen LogP contribution in [0.1, 0.15) is 0 Å². The van der Waals surface area contributed by atoms with Crippen molar-refractivity contribution in [2.24, 2.45) is 0 Å². The van der Waals surface area contributed by atoms with Crippen LogP contribution in [0.25, 0.3) is 0 Å². The van der Waals surface area contributed by atoms with Crippen molar-refractivity contribution in [3.05, 3.63) is 33.9 Å². The Morgan fingerprint density at radius 3 is 3.00 bits per heavy atom. The van der Waals surface area contributed by atoms with Gasteiger partial charge in [-0.2, -0.15) is 0 Å². The van der Waals surface area contributed by atoms with Crippen LogP contribution < -0.4 is 0 Å². The van der Waals surface area contributed by atoms with Crippen molar-refractivity contribution in [3.8, 4) is 0 Å². The summed E-state index contributed by atoms with van der Waals surface area (Å²) in [6.07, 6.45) is 4.68. The largest absolute Gasteiger partial charge is 0.227 e. The number of allylic oxidation sites excluding steroid dienone is 3. The Morgan fingerprint density at radius 1 is 1.50 bits per heavy atom. The number of rotatable bonds is 1. The molecule has 0 N–H and O–H groups in total. The highest BCUT2D eigenvalue weighted by Crippen LogP contribution is 2.11. The van der Waals surface area contributed by atoms with Gasteiger partial charge in [0, 0.05) is 5.41 Å². The van der Waals surface area contributed by atoms with Crippen LogP contribution in [0.15, 0.2) is 28.5 Å². The van der Waals surface area contributed by atoms with E-state index in [0.717, 1.165) is 0 Å². The minimum absolute atomic E-state index is 0.302. The van der Waals surface area contributed by atoms with Gasteiger partial charge in [0.25, 0.3) is 0 Å². The Bertz CT molecular complexity index is 263. The minimum Gasteiger partial charge on any atom is -0.227 e. The molecule has 0 saturated carbocycles. The Balaban J connectivity index is 2.94. The molecule has 1 heterocycles. The van der Waals surface area contributed by atoms with Crippen molar-refractivity contribution >= 4 is 22.5 Å². The first kappa shape index (κ1) is 7.63. The van der Waals surface area contributed by atoms with Gasteiger partial charge in [-0.15, -0.1) is 0 Å². The van der Waals surface area contributed by atoms with Crippen LogP contribution in [0, 0.1) is 5.41 Å². The number of thiol groups is 1. The maximum absolute atomic E-state index is 10.4. The highest BCUT2D eigenvalue weighted by molar-refractivity contribution is 8.03. The summed E-state index contributed by atoms with van der Waals surface area (Å²) < 4.78 is 20.7. The monoisotopic (exact) mass is 173 g/mol. The normalized spacial score (nSPS) is 17.1.